The highest BCUT2D eigenvalue weighted by molar-refractivity contribution is 6.75. The van der Waals surface area contributed by atoms with E-state index in [2.05, 4.69) is 67.7 Å². The summed E-state index contributed by atoms with van der Waals surface area (Å²) in [5, 5.41) is -0.157. The van der Waals surface area contributed by atoms with Crippen molar-refractivity contribution in [1.29, 1.82) is 0 Å². The van der Waals surface area contributed by atoms with Crippen molar-refractivity contribution in [3.05, 3.63) is 35.9 Å². The Morgan fingerprint density at radius 3 is 1.47 bits per heavy atom. The molecule has 7 heteroatoms. The number of hydrogen-bond acceptors (Lipinski definition) is 4. The smallest absolute Gasteiger partial charge is 0.260 e. The summed E-state index contributed by atoms with van der Waals surface area (Å²) in [5.41, 5.74) is 0.915. The molecule has 2 amide bonds. The van der Waals surface area contributed by atoms with Gasteiger partial charge in [-0.2, -0.15) is 0 Å². The molecule has 1 fully saturated rings. The highest BCUT2D eigenvalue weighted by atomic mass is 28.4. The second-order valence-electron chi connectivity index (χ2n) is 11.3. The predicted molar refractivity (Wildman–Crippen MR) is 126 cm³/mol. The molecule has 1 aliphatic heterocycles. The van der Waals surface area contributed by atoms with E-state index in [1.807, 2.05) is 30.3 Å². The number of carbonyl (C=O) groups is 2. The van der Waals surface area contributed by atoms with Gasteiger partial charge in [-0.1, -0.05) is 71.9 Å². The lowest BCUT2D eigenvalue weighted by Crippen LogP contribution is -2.52. The maximum absolute atomic E-state index is 13.4. The fourth-order valence-electron chi connectivity index (χ4n) is 2.81. The van der Waals surface area contributed by atoms with E-state index in [1.165, 1.54) is 4.90 Å². The van der Waals surface area contributed by atoms with Gasteiger partial charge in [-0.15, -0.1) is 0 Å². The van der Waals surface area contributed by atoms with E-state index in [-0.39, 0.29) is 28.4 Å². The summed E-state index contributed by atoms with van der Waals surface area (Å²) in [5.74, 6) is -0.560. The Kier molecular flexibility index (Phi) is 6.94. The fraction of sp³-hybridized carbons (Fsp3) is 0.652. The lowest BCUT2D eigenvalue weighted by atomic mass is 10.2. The molecule has 1 aromatic rings. The summed E-state index contributed by atoms with van der Waals surface area (Å²) in [6.07, 6.45) is -1.76. The van der Waals surface area contributed by atoms with E-state index in [1.54, 1.807) is 0 Å². The molecule has 2 atom stereocenters. The summed E-state index contributed by atoms with van der Waals surface area (Å²) in [4.78, 5) is 28.1. The van der Waals surface area contributed by atoms with E-state index >= 15 is 0 Å². The number of hydrogen-bond donors (Lipinski definition) is 0. The zero-order valence-electron chi connectivity index (χ0n) is 20.3. The largest absolute Gasteiger partial charge is 0.403 e. The molecule has 0 radical (unpaired) electrons. The maximum atomic E-state index is 13.4. The van der Waals surface area contributed by atoms with Gasteiger partial charge in [0.1, 0.15) is 0 Å². The lowest BCUT2D eigenvalue weighted by Gasteiger charge is -2.41. The second kappa shape index (κ2) is 8.33. The number of carbonyl (C=O) groups excluding carboxylic acids is 2. The highest BCUT2D eigenvalue weighted by Crippen LogP contribution is 2.42. The van der Waals surface area contributed by atoms with E-state index in [4.69, 9.17) is 8.85 Å². The van der Waals surface area contributed by atoms with Gasteiger partial charge in [0, 0.05) is 0 Å². The number of likely N-dealkylation sites (tertiary alicyclic amines) is 1. The maximum Gasteiger partial charge on any atom is 0.260 e. The van der Waals surface area contributed by atoms with Gasteiger partial charge >= 0.3 is 0 Å². The van der Waals surface area contributed by atoms with Crippen molar-refractivity contribution in [2.75, 3.05) is 0 Å². The SMILES string of the molecule is CC(C)(C)[Si](C)(C)O[C@@H]1C(=O)N(Cc2ccccc2)C(=O)[C@@H]1O[Si](C)(C)C(C)(C)C. The topological polar surface area (TPSA) is 55.8 Å². The van der Waals surface area contributed by atoms with Crippen molar-refractivity contribution in [3.63, 3.8) is 0 Å². The van der Waals surface area contributed by atoms with E-state index in [0.717, 1.165) is 5.56 Å². The highest BCUT2D eigenvalue weighted by Gasteiger charge is 2.55. The minimum absolute atomic E-state index is 0.0787. The van der Waals surface area contributed by atoms with Gasteiger partial charge in [-0.25, -0.2) is 0 Å². The molecule has 168 valence electrons. The van der Waals surface area contributed by atoms with Crippen molar-refractivity contribution in [3.8, 4) is 0 Å². The summed E-state index contributed by atoms with van der Waals surface area (Å²) in [7, 11) is -4.58. The first-order valence-electron chi connectivity index (χ1n) is 10.7. The molecule has 0 bridgehead atoms. The van der Waals surface area contributed by atoms with Crippen LogP contribution in [0.1, 0.15) is 47.1 Å². The quantitative estimate of drug-likeness (QED) is 0.435. The monoisotopic (exact) mass is 449 g/mol. The van der Waals surface area contributed by atoms with Gasteiger partial charge in [0.2, 0.25) is 0 Å². The number of nitrogens with zero attached hydrogens (tertiary/aromatic N) is 1. The number of imide groups is 1. The van der Waals surface area contributed by atoms with Gasteiger partial charge in [-0.05, 0) is 41.8 Å². The molecule has 0 aromatic heterocycles. The molecule has 0 aliphatic carbocycles. The summed E-state index contributed by atoms with van der Waals surface area (Å²) in [6, 6.07) is 9.59. The first-order chi connectivity index (χ1) is 13.5. The van der Waals surface area contributed by atoms with Crippen LogP contribution in [0.25, 0.3) is 0 Å². The Bertz CT molecular complexity index is 733. The molecule has 1 aliphatic rings. The number of benzene rings is 1. The standard InChI is InChI=1S/C23H39NO4Si2/c1-22(2,3)29(7,8)27-18-19(28-30(9,10)23(4,5)6)21(26)24(20(18)25)16-17-14-12-11-13-15-17/h11-15,18-19H,16H2,1-10H3/t18-,19+. The molecule has 0 spiro atoms. The molecule has 1 heterocycles. The zero-order valence-corrected chi connectivity index (χ0v) is 22.3. The minimum atomic E-state index is -2.29. The Labute approximate surface area is 184 Å². The van der Waals surface area contributed by atoms with Gasteiger partial charge in [0.05, 0.1) is 6.54 Å². The normalized spacial score (nSPS) is 21.5. The van der Waals surface area contributed by atoms with Crippen LogP contribution in [-0.4, -0.2) is 45.6 Å². The number of amides is 2. The van der Waals surface area contributed by atoms with Crippen molar-refractivity contribution in [2.24, 2.45) is 0 Å². The zero-order chi connectivity index (χ0) is 23.1. The van der Waals surface area contributed by atoms with E-state index < -0.39 is 28.8 Å². The lowest BCUT2D eigenvalue weighted by molar-refractivity contribution is -0.141. The van der Waals surface area contributed by atoms with Crippen molar-refractivity contribution in [2.45, 2.75) is 96.6 Å². The van der Waals surface area contributed by atoms with Crippen molar-refractivity contribution < 1.29 is 18.4 Å². The van der Waals surface area contributed by atoms with E-state index in [0.29, 0.717) is 0 Å². The van der Waals surface area contributed by atoms with Crippen molar-refractivity contribution in [1.82, 2.24) is 4.90 Å². The fourth-order valence-corrected chi connectivity index (χ4v) is 5.24. The third-order valence-corrected chi connectivity index (χ3v) is 15.8. The molecule has 1 aromatic carbocycles. The molecule has 0 N–H and O–H groups in total. The summed E-state index contributed by atoms with van der Waals surface area (Å²) < 4.78 is 13.0. The summed E-state index contributed by atoms with van der Waals surface area (Å²) in [6.45, 7) is 21.4. The molecule has 0 saturated carbocycles. The molecule has 1 saturated heterocycles. The molecule has 30 heavy (non-hydrogen) atoms. The van der Waals surface area contributed by atoms with Crippen LogP contribution in [0.4, 0.5) is 0 Å². The number of rotatable bonds is 6. The van der Waals surface area contributed by atoms with Crippen LogP contribution >= 0.6 is 0 Å². The Balaban J connectivity index is 2.40. The van der Waals surface area contributed by atoms with Gasteiger partial charge < -0.3 is 8.85 Å². The first kappa shape index (κ1) is 25.0. The van der Waals surface area contributed by atoms with Crippen LogP contribution in [0.3, 0.4) is 0 Å². The van der Waals surface area contributed by atoms with Crippen molar-refractivity contribution >= 4 is 28.4 Å². The van der Waals surface area contributed by atoms with Crippen LogP contribution in [0.15, 0.2) is 30.3 Å². The second-order valence-corrected chi connectivity index (χ2v) is 20.9. The van der Waals surface area contributed by atoms with Crippen LogP contribution in [0.2, 0.25) is 36.3 Å². The van der Waals surface area contributed by atoms with Crippen LogP contribution in [0, 0.1) is 0 Å². The first-order valence-corrected chi connectivity index (χ1v) is 16.5. The average molecular weight is 450 g/mol. The minimum Gasteiger partial charge on any atom is -0.403 e. The molecule has 0 unspecified atom stereocenters. The Hall–Kier alpha value is -1.29. The van der Waals surface area contributed by atoms with Gasteiger partial charge in [0.25, 0.3) is 11.8 Å². The molecule has 2 rings (SSSR count). The molecular formula is C23H39NO4Si2. The average Bonchev–Trinajstić information content (AvgIpc) is 2.78. The van der Waals surface area contributed by atoms with Gasteiger partial charge in [0.15, 0.2) is 28.8 Å². The van der Waals surface area contributed by atoms with Gasteiger partial charge in [-0.3, -0.25) is 14.5 Å². The summed E-state index contributed by atoms with van der Waals surface area (Å²) >= 11 is 0. The van der Waals surface area contributed by atoms with E-state index in [9.17, 15) is 9.59 Å². The Morgan fingerprint density at radius 2 is 1.13 bits per heavy atom. The third-order valence-electron chi connectivity index (χ3n) is 6.93. The van der Waals surface area contributed by atoms with Crippen LogP contribution in [-0.2, 0) is 25.0 Å². The predicted octanol–water partition coefficient (Wildman–Crippen LogP) is 5.34. The van der Waals surface area contributed by atoms with Crippen LogP contribution in [0.5, 0.6) is 0 Å². The van der Waals surface area contributed by atoms with Crippen LogP contribution < -0.4 is 0 Å². The molecular weight excluding hydrogens is 410 g/mol. The third kappa shape index (κ3) is 5.12. The Morgan fingerprint density at radius 1 is 0.767 bits per heavy atom. The molecule has 5 nitrogen and oxygen atoms in total.